The van der Waals surface area contributed by atoms with Gasteiger partial charge in [0.15, 0.2) is 15.1 Å². The number of hydrogen-bond acceptors (Lipinski definition) is 6. The van der Waals surface area contributed by atoms with Crippen molar-refractivity contribution in [1.82, 2.24) is 0 Å². The van der Waals surface area contributed by atoms with Crippen LogP contribution in [0.1, 0.15) is 13.8 Å². The third-order valence-corrected chi connectivity index (χ3v) is 6.02. The van der Waals surface area contributed by atoms with Crippen LogP contribution in [-0.4, -0.2) is 37.3 Å². The van der Waals surface area contributed by atoms with Gasteiger partial charge in [0.05, 0.1) is 24.1 Å². The van der Waals surface area contributed by atoms with Gasteiger partial charge in [-0.05, 0) is 32.2 Å². The molecule has 21 heavy (non-hydrogen) atoms. The molecular formula is C14H18N2O3S2. The van der Waals surface area contributed by atoms with Gasteiger partial charge in [-0.25, -0.2) is 13.4 Å². The summed E-state index contributed by atoms with van der Waals surface area (Å²) in [5.74, 6) is 0.622. The molecule has 0 fully saturated rings. The summed E-state index contributed by atoms with van der Waals surface area (Å²) in [4.78, 5) is 4.30. The van der Waals surface area contributed by atoms with E-state index in [4.69, 9.17) is 4.74 Å². The molecule has 0 aromatic heterocycles. The molecule has 0 bridgehead atoms. The van der Waals surface area contributed by atoms with Crippen LogP contribution in [0, 0.1) is 11.3 Å². The molecule has 7 heteroatoms. The minimum atomic E-state index is -3.58. The van der Waals surface area contributed by atoms with Gasteiger partial charge in [-0.15, -0.1) is 11.8 Å². The van der Waals surface area contributed by atoms with Crippen molar-refractivity contribution in [3.63, 3.8) is 0 Å². The lowest BCUT2D eigenvalue weighted by molar-refractivity contribution is 0.415. The zero-order valence-electron chi connectivity index (χ0n) is 12.4. The number of methoxy groups -OCH3 is 1. The average Bonchev–Trinajstić information content (AvgIpc) is 2.46. The molecule has 0 saturated heterocycles. The van der Waals surface area contributed by atoms with E-state index in [1.165, 1.54) is 0 Å². The molecule has 0 N–H and O–H groups in total. The number of benzene rings is 1. The Bertz CT molecular complexity index is 661. The van der Waals surface area contributed by atoms with Crippen molar-refractivity contribution in [2.24, 2.45) is 4.99 Å². The third-order valence-electron chi connectivity index (χ3n) is 2.83. The van der Waals surface area contributed by atoms with Crippen molar-refractivity contribution in [1.29, 1.82) is 5.26 Å². The Hall–Kier alpha value is -1.52. The molecule has 0 heterocycles. The van der Waals surface area contributed by atoms with Crippen molar-refractivity contribution in [2.45, 2.75) is 24.3 Å². The number of aliphatic imine (C=N–C) groups is 1. The fraction of sp³-hybridized carbons (Fsp3) is 0.429. The molecule has 0 aliphatic carbocycles. The molecular weight excluding hydrogens is 308 g/mol. The molecule has 0 amide bonds. The van der Waals surface area contributed by atoms with Crippen molar-refractivity contribution < 1.29 is 13.2 Å². The van der Waals surface area contributed by atoms with Crippen LogP contribution in [0.2, 0.25) is 0 Å². The summed E-state index contributed by atoms with van der Waals surface area (Å²) in [5.41, 5.74) is 0.554. The fourth-order valence-electron chi connectivity index (χ4n) is 1.56. The van der Waals surface area contributed by atoms with Crippen molar-refractivity contribution in [3.8, 4) is 11.8 Å². The standard InChI is InChI=1S/C14H18N2O3S2/c1-10(2)21(17,18)13(9-15)14(20-4)16-11-6-5-7-12(8-11)19-3/h5-8,10,13H,1-4H3. The van der Waals surface area contributed by atoms with Crippen LogP contribution in [0.5, 0.6) is 5.75 Å². The van der Waals surface area contributed by atoms with Crippen LogP contribution in [0.15, 0.2) is 29.3 Å². The van der Waals surface area contributed by atoms with Crippen LogP contribution >= 0.6 is 11.8 Å². The number of thioether (sulfide) groups is 1. The van der Waals surface area contributed by atoms with Crippen molar-refractivity contribution in [3.05, 3.63) is 24.3 Å². The lowest BCUT2D eigenvalue weighted by Crippen LogP contribution is -2.32. The Morgan fingerprint density at radius 3 is 2.57 bits per heavy atom. The lowest BCUT2D eigenvalue weighted by atomic mass is 10.3. The van der Waals surface area contributed by atoms with E-state index in [2.05, 4.69) is 4.99 Å². The number of rotatable bonds is 5. The fourth-order valence-corrected chi connectivity index (χ4v) is 3.74. The van der Waals surface area contributed by atoms with Gasteiger partial charge in [-0.3, -0.25) is 0 Å². The van der Waals surface area contributed by atoms with Gasteiger partial charge in [0, 0.05) is 6.07 Å². The zero-order valence-corrected chi connectivity index (χ0v) is 14.0. The molecule has 0 radical (unpaired) electrons. The van der Waals surface area contributed by atoms with E-state index in [9.17, 15) is 13.7 Å². The largest absolute Gasteiger partial charge is 0.497 e. The Morgan fingerprint density at radius 1 is 1.43 bits per heavy atom. The monoisotopic (exact) mass is 326 g/mol. The molecule has 1 atom stereocenters. The summed E-state index contributed by atoms with van der Waals surface area (Å²) in [6.07, 6.45) is 1.71. The normalized spacial score (nSPS) is 13.8. The van der Waals surface area contributed by atoms with E-state index in [0.717, 1.165) is 11.8 Å². The van der Waals surface area contributed by atoms with Gasteiger partial charge in [-0.1, -0.05) is 6.07 Å². The Morgan fingerprint density at radius 2 is 2.10 bits per heavy atom. The van der Waals surface area contributed by atoms with Gasteiger partial charge >= 0.3 is 0 Å². The Labute approximate surface area is 130 Å². The van der Waals surface area contributed by atoms with Crippen molar-refractivity contribution in [2.75, 3.05) is 13.4 Å². The van der Waals surface area contributed by atoms with Crippen LogP contribution in [0.25, 0.3) is 0 Å². The second-order valence-electron chi connectivity index (χ2n) is 4.50. The molecule has 114 valence electrons. The lowest BCUT2D eigenvalue weighted by Gasteiger charge is -2.14. The molecule has 1 unspecified atom stereocenters. The third kappa shape index (κ3) is 4.22. The predicted octanol–water partition coefficient (Wildman–Crippen LogP) is 2.80. The summed E-state index contributed by atoms with van der Waals surface area (Å²) >= 11 is 1.16. The number of sulfone groups is 1. The maximum atomic E-state index is 12.2. The molecule has 5 nitrogen and oxygen atoms in total. The molecule has 0 aliphatic heterocycles. The Kier molecular flexibility index (Phi) is 6.24. The molecule has 0 spiro atoms. The van der Waals surface area contributed by atoms with Gasteiger partial charge in [0.1, 0.15) is 10.8 Å². The average molecular weight is 326 g/mol. The molecule has 1 aromatic rings. The highest BCUT2D eigenvalue weighted by Crippen LogP contribution is 2.24. The van der Waals surface area contributed by atoms with Gasteiger partial charge in [0.2, 0.25) is 0 Å². The Balaban J connectivity index is 3.28. The van der Waals surface area contributed by atoms with E-state index in [-0.39, 0.29) is 5.04 Å². The highest BCUT2D eigenvalue weighted by Gasteiger charge is 2.33. The smallest absolute Gasteiger partial charge is 0.196 e. The first-order valence-corrected chi connectivity index (χ1v) is 9.09. The van der Waals surface area contributed by atoms with Gasteiger partial charge < -0.3 is 4.74 Å². The van der Waals surface area contributed by atoms with Crippen LogP contribution < -0.4 is 4.74 Å². The van der Waals surface area contributed by atoms with Crippen molar-refractivity contribution >= 4 is 32.3 Å². The molecule has 0 aliphatic rings. The summed E-state index contributed by atoms with van der Waals surface area (Å²) in [6, 6.07) is 8.80. The topological polar surface area (TPSA) is 79.5 Å². The van der Waals surface area contributed by atoms with Crippen LogP contribution in [-0.2, 0) is 9.84 Å². The maximum absolute atomic E-state index is 12.2. The zero-order chi connectivity index (χ0) is 16.0. The second-order valence-corrected chi connectivity index (χ2v) is 7.92. The second kappa shape index (κ2) is 7.48. The maximum Gasteiger partial charge on any atom is 0.196 e. The first-order chi connectivity index (χ1) is 9.86. The molecule has 0 saturated carbocycles. The molecule has 1 rings (SSSR count). The number of ether oxygens (including phenoxy) is 1. The van der Waals surface area contributed by atoms with E-state index in [1.807, 2.05) is 6.07 Å². The van der Waals surface area contributed by atoms with Crippen LogP contribution in [0.3, 0.4) is 0 Å². The molecule has 1 aromatic carbocycles. The first kappa shape index (κ1) is 17.5. The van der Waals surface area contributed by atoms with Gasteiger partial charge in [-0.2, -0.15) is 5.26 Å². The van der Waals surface area contributed by atoms with E-state index >= 15 is 0 Å². The quantitative estimate of drug-likeness (QED) is 0.614. The minimum absolute atomic E-state index is 0.263. The van der Waals surface area contributed by atoms with Gasteiger partial charge in [0.25, 0.3) is 0 Å². The summed E-state index contributed by atoms with van der Waals surface area (Å²) in [6.45, 7) is 3.12. The van der Waals surface area contributed by atoms with E-state index in [1.54, 1.807) is 51.5 Å². The first-order valence-electron chi connectivity index (χ1n) is 6.25. The summed E-state index contributed by atoms with van der Waals surface area (Å²) in [5, 5.41) is 7.62. The minimum Gasteiger partial charge on any atom is -0.497 e. The SMILES string of the molecule is COc1cccc(N=C(SC)C(C#N)S(=O)(=O)C(C)C)c1. The highest BCUT2D eigenvalue weighted by atomic mass is 32.2. The summed E-state index contributed by atoms with van der Waals surface area (Å²) < 4.78 is 29.6. The number of nitrogens with zero attached hydrogens (tertiary/aromatic N) is 2. The predicted molar refractivity (Wildman–Crippen MR) is 87.1 cm³/mol. The van der Waals surface area contributed by atoms with Crippen LogP contribution in [0.4, 0.5) is 5.69 Å². The summed E-state index contributed by atoms with van der Waals surface area (Å²) in [7, 11) is -2.04. The highest BCUT2D eigenvalue weighted by molar-refractivity contribution is 8.15. The van der Waals surface area contributed by atoms with E-state index < -0.39 is 20.3 Å². The van der Waals surface area contributed by atoms with E-state index in [0.29, 0.717) is 11.4 Å². The number of hydrogen-bond donors (Lipinski definition) is 0. The number of nitriles is 1.